The summed E-state index contributed by atoms with van der Waals surface area (Å²) in [6.45, 7) is 0. The Bertz CT molecular complexity index is 1550. The Hall–Kier alpha value is -4.35. The molecule has 0 amide bonds. The fraction of sp³-hybridized carbons (Fsp3) is 0.0333. The number of halogens is 2. The molecule has 3 aromatic carbocycles. The van der Waals surface area contributed by atoms with Crippen molar-refractivity contribution in [2.75, 3.05) is 0 Å². The Labute approximate surface area is 212 Å². The number of hydrogen-bond acceptors (Lipinski definition) is 3. The van der Waals surface area contributed by atoms with Crippen molar-refractivity contribution in [3.8, 4) is 11.3 Å². The molecule has 3 heterocycles. The van der Waals surface area contributed by atoms with E-state index in [1.54, 1.807) is 18.3 Å². The Morgan fingerprint density at radius 1 is 0.694 bits per heavy atom. The zero-order valence-electron chi connectivity index (χ0n) is 19.1. The fourth-order valence-electron chi connectivity index (χ4n) is 4.91. The van der Waals surface area contributed by atoms with E-state index in [0.717, 1.165) is 27.6 Å². The van der Waals surface area contributed by atoms with Crippen molar-refractivity contribution in [2.45, 2.75) is 5.54 Å². The summed E-state index contributed by atoms with van der Waals surface area (Å²) in [5.41, 5.74) is 4.20. The SMILES string of the molecule is Fc1cc(-c2nn(C(c3ccccc3)(c3ccccc3)c3ccccc3)c3cnc(Cl)cc23)ccn1. The van der Waals surface area contributed by atoms with Crippen LogP contribution in [0.3, 0.4) is 0 Å². The van der Waals surface area contributed by atoms with Gasteiger partial charge >= 0.3 is 0 Å². The van der Waals surface area contributed by atoms with Crippen LogP contribution in [0.1, 0.15) is 16.7 Å². The van der Waals surface area contributed by atoms with E-state index in [1.807, 2.05) is 59.3 Å². The second-order valence-corrected chi connectivity index (χ2v) is 8.85. The maximum Gasteiger partial charge on any atom is 0.213 e. The van der Waals surface area contributed by atoms with E-state index in [-0.39, 0.29) is 0 Å². The topological polar surface area (TPSA) is 43.6 Å². The molecule has 0 aliphatic carbocycles. The first kappa shape index (κ1) is 22.1. The van der Waals surface area contributed by atoms with Crippen molar-refractivity contribution in [3.05, 3.63) is 149 Å². The second kappa shape index (κ2) is 9.02. The van der Waals surface area contributed by atoms with E-state index in [9.17, 15) is 4.39 Å². The van der Waals surface area contributed by atoms with Crippen LogP contribution in [0, 0.1) is 5.95 Å². The van der Waals surface area contributed by atoms with E-state index >= 15 is 0 Å². The normalized spacial score (nSPS) is 11.6. The van der Waals surface area contributed by atoms with Crippen LogP contribution in [-0.2, 0) is 5.54 Å². The van der Waals surface area contributed by atoms with Gasteiger partial charge in [-0.1, -0.05) is 103 Å². The lowest BCUT2D eigenvalue weighted by Crippen LogP contribution is -2.38. The number of pyridine rings is 2. The third-order valence-electron chi connectivity index (χ3n) is 6.43. The summed E-state index contributed by atoms with van der Waals surface area (Å²) < 4.78 is 16.2. The average molecular weight is 491 g/mol. The van der Waals surface area contributed by atoms with Gasteiger partial charge in [0.2, 0.25) is 5.95 Å². The Balaban J connectivity index is 1.80. The molecule has 0 atom stereocenters. The molecule has 0 spiro atoms. The molecule has 3 aromatic heterocycles. The molecule has 0 saturated heterocycles. The Kier molecular flexibility index (Phi) is 5.55. The number of rotatable bonds is 5. The van der Waals surface area contributed by atoms with E-state index in [1.165, 1.54) is 12.3 Å². The van der Waals surface area contributed by atoms with E-state index < -0.39 is 11.5 Å². The molecule has 0 fully saturated rings. The highest BCUT2D eigenvalue weighted by Gasteiger charge is 2.41. The van der Waals surface area contributed by atoms with E-state index in [4.69, 9.17) is 16.7 Å². The Morgan fingerprint density at radius 2 is 1.25 bits per heavy atom. The van der Waals surface area contributed by atoms with E-state index in [2.05, 4.69) is 46.4 Å². The molecule has 0 N–H and O–H groups in total. The summed E-state index contributed by atoms with van der Waals surface area (Å²) in [5, 5.41) is 6.27. The van der Waals surface area contributed by atoms with Crippen LogP contribution in [0.4, 0.5) is 4.39 Å². The van der Waals surface area contributed by atoms with Crippen molar-refractivity contribution in [2.24, 2.45) is 0 Å². The first-order valence-electron chi connectivity index (χ1n) is 11.5. The highest BCUT2D eigenvalue weighted by molar-refractivity contribution is 6.30. The first-order valence-corrected chi connectivity index (χ1v) is 11.9. The maximum absolute atomic E-state index is 14.2. The van der Waals surface area contributed by atoms with Crippen LogP contribution in [0.5, 0.6) is 0 Å². The van der Waals surface area contributed by atoms with Crippen LogP contribution in [0.2, 0.25) is 5.15 Å². The minimum atomic E-state index is -0.846. The summed E-state index contributed by atoms with van der Waals surface area (Å²) in [5.74, 6) is -0.573. The molecule has 174 valence electrons. The predicted octanol–water partition coefficient (Wildman–Crippen LogP) is 7.13. The third-order valence-corrected chi connectivity index (χ3v) is 6.63. The van der Waals surface area contributed by atoms with Gasteiger partial charge in [-0.15, -0.1) is 0 Å². The van der Waals surface area contributed by atoms with Gasteiger partial charge < -0.3 is 0 Å². The van der Waals surface area contributed by atoms with Gasteiger partial charge in [0.1, 0.15) is 16.4 Å². The van der Waals surface area contributed by atoms with Crippen LogP contribution in [0.25, 0.3) is 22.2 Å². The molecule has 0 bridgehead atoms. The molecule has 0 unspecified atom stereocenters. The molecule has 4 nitrogen and oxygen atoms in total. The standard InChI is InChI=1S/C30H20ClFN4/c31-27-19-25-26(20-34-27)36(35-29(25)21-16-17-33-28(32)18-21)30(22-10-4-1-5-11-22,23-12-6-2-7-13-23)24-14-8-3-9-15-24/h1-20H. The van der Waals surface area contributed by atoms with Crippen molar-refractivity contribution >= 4 is 22.5 Å². The lowest BCUT2D eigenvalue weighted by molar-refractivity contribution is 0.477. The summed E-state index contributed by atoms with van der Waals surface area (Å²) in [6, 6.07) is 35.6. The zero-order chi connectivity index (χ0) is 24.5. The van der Waals surface area contributed by atoms with Crippen molar-refractivity contribution in [1.82, 2.24) is 19.7 Å². The smallest absolute Gasteiger partial charge is 0.213 e. The number of hydrogen-bond donors (Lipinski definition) is 0. The molecule has 6 rings (SSSR count). The molecule has 0 saturated carbocycles. The monoisotopic (exact) mass is 490 g/mol. The van der Waals surface area contributed by atoms with Gasteiger partial charge in [0.25, 0.3) is 0 Å². The second-order valence-electron chi connectivity index (χ2n) is 8.46. The fourth-order valence-corrected chi connectivity index (χ4v) is 5.07. The number of nitrogens with zero attached hydrogens (tertiary/aromatic N) is 4. The third kappa shape index (κ3) is 3.56. The molecule has 6 heteroatoms. The van der Waals surface area contributed by atoms with E-state index in [0.29, 0.717) is 16.4 Å². The summed E-state index contributed by atoms with van der Waals surface area (Å²) in [6.07, 6.45) is 3.17. The minimum absolute atomic E-state index is 0.336. The number of aromatic nitrogens is 4. The summed E-state index contributed by atoms with van der Waals surface area (Å²) >= 11 is 6.35. The highest BCUT2D eigenvalue weighted by atomic mass is 35.5. The average Bonchev–Trinajstić information content (AvgIpc) is 3.30. The van der Waals surface area contributed by atoms with Gasteiger partial charge in [-0.2, -0.15) is 9.49 Å². The molecule has 6 aromatic rings. The summed E-state index contributed by atoms with van der Waals surface area (Å²) in [7, 11) is 0. The minimum Gasteiger partial charge on any atom is -0.243 e. The van der Waals surface area contributed by atoms with Crippen LogP contribution in [0.15, 0.2) is 122 Å². The zero-order valence-corrected chi connectivity index (χ0v) is 19.8. The van der Waals surface area contributed by atoms with Crippen molar-refractivity contribution in [1.29, 1.82) is 0 Å². The van der Waals surface area contributed by atoms with Gasteiger partial charge in [-0.05, 0) is 28.8 Å². The maximum atomic E-state index is 14.2. The predicted molar refractivity (Wildman–Crippen MR) is 140 cm³/mol. The first-order chi connectivity index (χ1) is 17.7. The summed E-state index contributed by atoms with van der Waals surface area (Å²) in [4.78, 5) is 8.13. The number of fused-ring (bicyclic) bond motifs is 1. The van der Waals surface area contributed by atoms with Gasteiger partial charge in [-0.25, -0.2) is 14.6 Å². The molecule has 0 radical (unpaired) electrons. The van der Waals surface area contributed by atoms with Crippen LogP contribution < -0.4 is 0 Å². The quantitative estimate of drug-likeness (QED) is 0.191. The lowest BCUT2D eigenvalue weighted by Gasteiger charge is -2.37. The van der Waals surface area contributed by atoms with Gasteiger partial charge in [-0.3, -0.25) is 0 Å². The molecule has 0 aliphatic rings. The molecule has 0 aliphatic heterocycles. The van der Waals surface area contributed by atoms with Crippen LogP contribution >= 0.6 is 11.6 Å². The van der Waals surface area contributed by atoms with Gasteiger partial charge in [0.05, 0.1) is 11.7 Å². The number of benzene rings is 3. The molecular formula is C30H20ClFN4. The van der Waals surface area contributed by atoms with Crippen LogP contribution in [-0.4, -0.2) is 19.7 Å². The Morgan fingerprint density at radius 3 is 1.78 bits per heavy atom. The van der Waals surface area contributed by atoms with Gasteiger partial charge in [0, 0.05) is 23.2 Å². The molecule has 36 heavy (non-hydrogen) atoms. The van der Waals surface area contributed by atoms with Crippen molar-refractivity contribution < 1.29 is 4.39 Å². The van der Waals surface area contributed by atoms with Crippen molar-refractivity contribution in [3.63, 3.8) is 0 Å². The highest BCUT2D eigenvalue weighted by Crippen LogP contribution is 2.44. The lowest BCUT2D eigenvalue weighted by atomic mass is 9.77. The largest absolute Gasteiger partial charge is 0.243 e. The molecular weight excluding hydrogens is 471 g/mol. The van der Waals surface area contributed by atoms with Gasteiger partial charge in [0.15, 0.2) is 0 Å².